The SMILES string of the molecule is C[CH]Cc1cccc2c1SCCO2. The number of ether oxygens (including phenoxy) is 1. The standard InChI is InChI=1S/C11H13OS/c1-2-4-9-5-3-6-10-11(9)13-8-7-12-10/h2-3,5-6H,4,7-8H2,1H3. The van der Waals surface area contributed by atoms with E-state index in [9.17, 15) is 0 Å². The van der Waals surface area contributed by atoms with Gasteiger partial charge in [0.2, 0.25) is 0 Å². The Morgan fingerprint density at radius 1 is 1.54 bits per heavy atom. The highest BCUT2D eigenvalue weighted by Crippen LogP contribution is 2.36. The highest BCUT2D eigenvalue weighted by atomic mass is 32.2. The molecule has 1 aromatic rings. The van der Waals surface area contributed by atoms with Gasteiger partial charge in [0.1, 0.15) is 5.75 Å². The number of fused-ring (bicyclic) bond motifs is 1. The van der Waals surface area contributed by atoms with Gasteiger partial charge in [-0.2, -0.15) is 0 Å². The summed E-state index contributed by atoms with van der Waals surface area (Å²) in [6.45, 7) is 2.94. The normalized spacial score (nSPS) is 14.8. The van der Waals surface area contributed by atoms with Crippen molar-refractivity contribution >= 4 is 11.8 Å². The fraction of sp³-hybridized carbons (Fsp3) is 0.364. The molecule has 13 heavy (non-hydrogen) atoms. The van der Waals surface area contributed by atoms with Gasteiger partial charge in [0.05, 0.1) is 11.5 Å². The van der Waals surface area contributed by atoms with Crippen molar-refractivity contribution in [2.75, 3.05) is 12.4 Å². The Bertz CT molecular complexity index is 296. The Balaban J connectivity index is 2.34. The van der Waals surface area contributed by atoms with Crippen LogP contribution in [0.1, 0.15) is 12.5 Å². The Kier molecular flexibility index (Phi) is 2.79. The lowest BCUT2D eigenvalue weighted by atomic mass is 10.1. The topological polar surface area (TPSA) is 9.23 Å². The molecule has 0 saturated heterocycles. The van der Waals surface area contributed by atoms with Gasteiger partial charge in [-0.3, -0.25) is 0 Å². The van der Waals surface area contributed by atoms with Crippen molar-refractivity contribution in [1.29, 1.82) is 0 Å². The average Bonchev–Trinajstić information content (AvgIpc) is 2.19. The Hall–Kier alpha value is -0.630. The largest absolute Gasteiger partial charge is 0.492 e. The van der Waals surface area contributed by atoms with Crippen molar-refractivity contribution in [1.82, 2.24) is 0 Å². The van der Waals surface area contributed by atoms with E-state index in [2.05, 4.69) is 31.5 Å². The molecule has 1 aliphatic rings. The van der Waals surface area contributed by atoms with E-state index in [0.29, 0.717) is 0 Å². The fourth-order valence-corrected chi connectivity index (χ4v) is 2.49. The fourth-order valence-electron chi connectivity index (χ4n) is 1.51. The summed E-state index contributed by atoms with van der Waals surface area (Å²) in [4.78, 5) is 1.34. The van der Waals surface area contributed by atoms with Gasteiger partial charge >= 0.3 is 0 Å². The maximum atomic E-state index is 5.58. The van der Waals surface area contributed by atoms with Gasteiger partial charge in [0, 0.05) is 5.75 Å². The second-order valence-electron chi connectivity index (χ2n) is 3.05. The van der Waals surface area contributed by atoms with Gasteiger partial charge in [0.25, 0.3) is 0 Å². The number of benzene rings is 1. The molecule has 2 rings (SSSR count). The van der Waals surface area contributed by atoms with Gasteiger partial charge in [-0.15, -0.1) is 11.8 Å². The zero-order chi connectivity index (χ0) is 9.10. The Labute approximate surface area is 83.5 Å². The van der Waals surface area contributed by atoms with Crippen LogP contribution in [-0.2, 0) is 6.42 Å². The first-order valence-electron chi connectivity index (χ1n) is 4.57. The molecular formula is C11H13OS. The third-order valence-electron chi connectivity index (χ3n) is 2.07. The lowest BCUT2D eigenvalue weighted by molar-refractivity contribution is 0.329. The molecule has 0 atom stereocenters. The number of hydrogen-bond donors (Lipinski definition) is 0. The third-order valence-corrected chi connectivity index (χ3v) is 3.19. The average molecular weight is 193 g/mol. The van der Waals surface area contributed by atoms with Crippen LogP contribution in [0.5, 0.6) is 5.75 Å². The Morgan fingerprint density at radius 3 is 3.31 bits per heavy atom. The van der Waals surface area contributed by atoms with Crippen LogP contribution in [0.15, 0.2) is 23.1 Å². The van der Waals surface area contributed by atoms with Crippen LogP contribution in [0.4, 0.5) is 0 Å². The van der Waals surface area contributed by atoms with Crippen molar-refractivity contribution in [3.05, 3.63) is 30.2 Å². The van der Waals surface area contributed by atoms with Crippen LogP contribution in [0.25, 0.3) is 0 Å². The van der Waals surface area contributed by atoms with Gasteiger partial charge < -0.3 is 4.74 Å². The van der Waals surface area contributed by atoms with Crippen LogP contribution in [-0.4, -0.2) is 12.4 Å². The number of hydrogen-bond acceptors (Lipinski definition) is 2. The first kappa shape index (κ1) is 8.95. The summed E-state index contributed by atoms with van der Waals surface area (Å²) in [7, 11) is 0. The molecule has 0 aromatic heterocycles. The minimum Gasteiger partial charge on any atom is -0.492 e. The molecule has 0 spiro atoms. The molecule has 1 radical (unpaired) electrons. The lowest BCUT2D eigenvalue weighted by Crippen LogP contribution is -2.08. The first-order chi connectivity index (χ1) is 6.42. The van der Waals surface area contributed by atoms with Crippen LogP contribution >= 0.6 is 11.8 Å². The van der Waals surface area contributed by atoms with Crippen LogP contribution in [0, 0.1) is 6.42 Å². The van der Waals surface area contributed by atoms with Crippen molar-refractivity contribution in [3.8, 4) is 5.75 Å². The molecule has 0 bridgehead atoms. The van der Waals surface area contributed by atoms with Crippen molar-refractivity contribution < 1.29 is 4.74 Å². The quantitative estimate of drug-likeness (QED) is 0.714. The zero-order valence-electron chi connectivity index (χ0n) is 7.75. The maximum absolute atomic E-state index is 5.58. The third kappa shape index (κ3) is 1.83. The minimum absolute atomic E-state index is 0.844. The van der Waals surface area contributed by atoms with E-state index in [0.717, 1.165) is 24.5 Å². The molecule has 1 aliphatic heterocycles. The molecule has 0 amide bonds. The summed E-state index contributed by atoms with van der Waals surface area (Å²) in [6, 6.07) is 6.31. The molecule has 1 aromatic carbocycles. The molecule has 0 N–H and O–H groups in total. The summed E-state index contributed by atoms with van der Waals surface area (Å²) in [5.41, 5.74) is 1.39. The van der Waals surface area contributed by atoms with Crippen molar-refractivity contribution in [3.63, 3.8) is 0 Å². The van der Waals surface area contributed by atoms with E-state index in [1.807, 2.05) is 11.8 Å². The lowest BCUT2D eigenvalue weighted by Gasteiger charge is -2.19. The van der Waals surface area contributed by atoms with E-state index in [1.54, 1.807) is 0 Å². The van der Waals surface area contributed by atoms with Crippen LogP contribution in [0.3, 0.4) is 0 Å². The molecule has 0 unspecified atom stereocenters. The van der Waals surface area contributed by atoms with E-state index in [1.165, 1.54) is 10.5 Å². The minimum atomic E-state index is 0.844. The number of thioether (sulfide) groups is 1. The molecule has 1 heterocycles. The van der Waals surface area contributed by atoms with Crippen LogP contribution < -0.4 is 4.74 Å². The second-order valence-corrected chi connectivity index (χ2v) is 4.16. The monoisotopic (exact) mass is 193 g/mol. The van der Waals surface area contributed by atoms with E-state index in [4.69, 9.17) is 4.74 Å². The summed E-state index contributed by atoms with van der Waals surface area (Å²) < 4.78 is 5.58. The van der Waals surface area contributed by atoms with Gasteiger partial charge in [-0.25, -0.2) is 0 Å². The summed E-state index contributed by atoms with van der Waals surface area (Å²) >= 11 is 1.91. The second kappa shape index (κ2) is 4.05. The summed E-state index contributed by atoms with van der Waals surface area (Å²) in [6.07, 6.45) is 3.23. The highest BCUT2D eigenvalue weighted by molar-refractivity contribution is 7.99. The van der Waals surface area contributed by atoms with Gasteiger partial charge in [0.15, 0.2) is 0 Å². The molecule has 0 saturated carbocycles. The van der Waals surface area contributed by atoms with Crippen molar-refractivity contribution in [2.45, 2.75) is 18.2 Å². The zero-order valence-corrected chi connectivity index (χ0v) is 8.56. The maximum Gasteiger partial charge on any atom is 0.133 e. The molecule has 0 aliphatic carbocycles. The number of rotatable bonds is 2. The predicted octanol–water partition coefficient (Wildman–Crippen LogP) is 2.94. The van der Waals surface area contributed by atoms with E-state index >= 15 is 0 Å². The molecule has 1 nitrogen and oxygen atoms in total. The molecular weight excluding hydrogens is 180 g/mol. The predicted molar refractivity (Wildman–Crippen MR) is 56.3 cm³/mol. The van der Waals surface area contributed by atoms with Gasteiger partial charge in [-0.05, 0) is 24.5 Å². The summed E-state index contributed by atoms with van der Waals surface area (Å²) in [5.74, 6) is 2.14. The molecule has 2 heteroatoms. The van der Waals surface area contributed by atoms with E-state index in [-0.39, 0.29) is 0 Å². The van der Waals surface area contributed by atoms with E-state index < -0.39 is 0 Å². The highest BCUT2D eigenvalue weighted by Gasteiger charge is 2.13. The van der Waals surface area contributed by atoms with Gasteiger partial charge in [-0.1, -0.05) is 19.1 Å². The van der Waals surface area contributed by atoms with Crippen molar-refractivity contribution in [2.24, 2.45) is 0 Å². The first-order valence-corrected chi connectivity index (χ1v) is 5.55. The summed E-state index contributed by atoms with van der Waals surface area (Å²) in [5, 5.41) is 0. The van der Waals surface area contributed by atoms with Crippen LogP contribution in [0.2, 0.25) is 0 Å². The smallest absolute Gasteiger partial charge is 0.133 e. The molecule has 69 valence electrons. The Morgan fingerprint density at radius 2 is 2.46 bits per heavy atom. The molecule has 0 fully saturated rings.